The molecule has 98 valence electrons. The number of carbonyl (C=O) groups excluding carboxylic acids is 1. The Morgan fingerprint density at radius 3 is 2.89 bits per heavy atom. The Balaban J connectivity index is 1.92. The van der Waals surface area contributed by atoms with Crippen LogP contribution >= 0.6 is 0 Å². The van der Waals surface area contributed by atoms with Crippen molar-refractivity contribution < 1.29 is 9.53 Å². The van der Waals surface area contributed by atoms with Gasteiger partial charge in [0.25, 0.3) is 5.91 Å². The molecule has 0 aromatic carbocycles. The van der Waals surface area contributed by atoms with Crippen molar-refractivity contribution in [3.05, 3.63) is 17.8 Å². The van der Waals surface area contributed by atoms with Gasteiger partial charge in [-0.2, -0.15) is 0 Å². The summed E-state index contributed by atoms with van der Waals surface area (Å²) in [7, 11) is 1.56. The Bertz CT molecular complexity index is 413. The molecule has 1 aliphatic heterocycles. The highest BCUT2D eigenvalue weighted by Gasteiger charge is 2.29. The quantitative estimate of drug-likeness (QED) is 0.827. The van der Waals surface area contributed by atoms with Crippen LogP contribution in [0.15, 0.2) is 12.1 Å². The van der Waals surface area contributed by atoms with Gasteiger partial charge < -0.3 is 15.4 Å². The normalized spacial score (nSPS) is 22.8. The molecule has 1 atom stereocenters. The Kier molecular flexibility index (Phi) is 3.76. The maximum Gasteiger partial charge on any atom is 0.271 e. The van der Waals surface area contributed by atoms with Crippen LogP contribution in [0, 0.1) is 0 Å². The molecule has 0 spiro atoms. The monoisotopic (exact) mass is 250 g/mol. The average Bonchev–Trinajstić information content (AvgIpc) is 2.83. The molecule has 0 aliphatic carbocycles. The van der Waals surface area contributed by atoms with E-state index < -0.39 is 0 Å². The Morgan fingerprint density at radius 1 is 1.50 bits per heavy atom. The summed E-state index contributed by atoms with van der Waals surface area (Å²) in [4.78, 5) is 11.3. The van der Waals surface area contributed by atoms with Gasteiger partial charge in [-0.3, -0.25) is 4.79 Å². The van der Waals surface area contributed by atoms with Crippen LogP contribution in [0.2, 0.25) is 0 Å². The third kappa shape index (κ3) is 2.95. The molecule has 2 heterocycles. The first-order valence-corrected chi connectivity index (χ1v) is 6.07. The summed E-state index contributed by atoms with van der Waals surface area (Å²) in [6.45, 7) is 3.60. The first-order valence-electron chi connectivity index (χ1n) is 6.07. The van der Waals surface area contributed by atoms with Crippen molar-refractivity contribution in [2.24, 2.45) is 0 Å². The predicted molar refractivity (Wildman–Crippen MR) is 67.5 cm³/mol. The molecule has 1 aliphatic rings. The second-order valence-corrected chi connectivity index (χ2v) is 4.64. The van der Waals surface area contributed by atoms with Crippen molar-refractivity contribution >= 4 is 11.7 Å². The summed E-state index contributed by atoms with van der Waals surface area (Å²) < 4.78 is 5.67. The van der Waals surface area contributed by atoms with Gasteiger partial charge in [0, 0.05) is 20.2 Å². The highest BCUT2D eigenvalue weighted by Crippen LogP contribution is 2.24. The molecule has 1 unspecified atom stereocenters. The highest BCUT2D eigenvalue weighted by molar-refractivity contribution is 5.91. The maximum atomic E-state index is 11.3. The van der Waals surface area contributed by atoms with Gasteiger partial charge in [-0.15, -0.1) is 10.2 Å². The van der Waals surface area contributed by atoms with Gasteiger partial charge in [0.2, 0.25) is 0 Å². The average molecular weight is 250 g/mol. The van der Waals surface area contributed by atoms with E-state index in [0.717, 1.165) is 19.4 Å². The zero-order valence-electron chi connectivity index (χ0n) is 10.7. The molecule has 1 saturated heterocycles. The Hall–Kier alpha value is -1.69. The summed E-state index contributed by atoms with van der Waals surface area (Å²) in [6.07, 6.45) is 2.14. The van der Waals surface area contributed by atoms with Crippen molar-refractivity contribution in [1.82, 2.24) is 15.5 Å². The smallest absolute Gasteiger partial charge is 0.271 e. The van der Waals surface area contributed by atoms with E-state index in [9.17, 15) is 4.79 Å². The molecule has 0 radical (unpaired) electrons. The molecule has 1 aromatic heterocycles. The molecular formula is C12H18N4O2. The number of hydrogen-bond donors (Lipinski definition) is 2. The molecule has 6 heteroatoms. The fraction of sp³-hybridized carbons (Fsp3) is 0.583. The van der Waals surface area contributed by atoms with Crippen molar-refractivity contribution in [3.63, 3.8) is 0 Å². The predicted octanol–water partition coefficient (Wildman–Crippen LogP) is 0.817. The molecule has 1 fully saturated rings. The fourth-order valence-electron chi connectivity index (χ4n) is 1.93. The van der Waals surface area contributed by atoms with Crippen LogP contribution in [0.5, 0.6) is 0 Å². The minimum atomic E-state index is -0.236. The van der Waals surface area contributed by atoms with E-state index >= 15 is 0 Å². The largest absolute Gasteiger partial charge is 0.373 e. The van der Waals surface area contributed by atoms with Crippen molar-refractivity contribution in [1.29, 1.82) is 0 Å². The van der Waals surface area contributed by atoms with E-state index in [2.05, 4.69) is 27.8 Å². The van der Waals surface area contributed by atoms with E-state index in [4.69, 9.17) is 4.74 Å². The van der Waals surface area contributed by atoms with Gasteiger partial charge in [0.05, 0.1) is 5.60 Å². The lowest BCUT2D eigenvalue weighted by Crippen LogP contribution is -2.32. The summed E-state index contributed by atoms with van der Waals surface area (Å²) in [6, 6.07) is 3.39. The van der Waals surface area contributed by atoms with Gasteiger partial charge in [-0.25, -0.2) is 0 Å². The molecule has 2 N–H and O–H groups in total. The van der Waals surface area contributed by atoms with Crippen LogP contribution < -0.4 is 10.6 Å². The highest BCUT2D eigenvalue weighted by atomic mass is 16.5. The van der Waals surface area contributed by atoms with Crippen molar-refractivity contribution in [3.8, 4) is 0 Å². The van der Waals surface area contributed by atoms with Gasteiger partial charge in [0.15, 0.2) is 5.69 Å². The lowest BCUT2D eigenvalue weighted by Gasteiger charge is -2.23. The van der Waals surface area contributed by atoms with E-state index in [1.165, 1.54) is 0 Å². The minimum absolute atomic E-state index is 0.124. The first-order chi connectivity index (χ1) is 8.63. The van der Waals surface area contributed by atoms with E-state index in [1.54, 1.807) is 19.2 Å². The molecule has 1 aromatic rings. The summed E-state index contributed by atoms with van der Waals surface area (Å²) in [5.74, 6) is 0.416. The van der Waals surface area contributed by atoms with E-state index in [1.807, 2.05) is 0 Å². The molecular weight excluding hydrogens is 232 g/mol. The van der Waals surface area contributed by atoms with E-state index in [0.29, 0.717) is 18.1 Å². The number of nitrogens with one attached hydrogen (secondary N) is 2. The third-order valence-electron chi connectivity index (χ3n) is 3.07. The molecule has 18 heavy (non-hydrogen) atoms. The number of rotatable bonds is 4. The molecule has 6 nitrogen and oxygen atoms in total. The fourth-order valence-corrected chi connectivity index (χ4v) is 1.93. The number of hydrogen-bond acceptors (Lipinski definition) is 5. The SMILES string of the molecule is CNC(=O)c1ccc(NCC2(C)CCCO2)nn1. The molecule has 2 rings (SSSR count). The maximum absolute atomic E-state index is 11.3. The molecule has 0 bridgehead atoms. The second kappa shape index (κ2) is 5.30. The van der Waals surface area contributed by atoms with Gasteiger partial charge >= 0.3 is 0 Å². The number of amides is 1. The zero-order chi connectivity index (χ0) is 13.0. The summed E-state index contributed by atoms with van der Waals surface area (Å²) in [5, 5.41) is 13.5. The summed E-state index contributed by atoms with van der Waals surface area (Å²) in [5.41, 5.74) is 0.188. The number of carbonyl (C=O) groups is 1. The van der Waals surface area contributed by atoms with Crippen LogP contribution in [0.25, 0.3) is 0 Å². The second-order valence-electron chi connectivity index (χ2n) is 4.64. The Morgan fingerprint density at radius 2 is 2.33 bits per heavy atom. The van der Waals surface area contributed by atoms with Crippen LogP contribution in [0.4, 0.5) is 5.82 Å². The van der Waals surface area contributed by atoms with E-state index in [-0.39, 0.29) is 11.5 Å². The number of anilines is 1. The number of aromatic nitrogens is 2. The topological polar surface area (TPSA) is 76.1 Å². The lowest BCUT2D eigenvalue weighted by molar-refractivity contribution is 0.0314. The first kappa shape index (κ1) is 12.8. The Labute approximate surface area is 106 Å². The lowest BCUT2D eigenvalue weighted by atomic mass is 10.0. The van der Waals surface area contributed by atoms with Gasteiger partial charge in [0.1, 0.15) is 5.82 Å². The molecule has 0 saturated carbocycles. The minimum Gasteiger partial charge on any atom is -0.373 e. The van der Waals surface area contributed by atoms with Gasteiger partial charge in [-0.1, -0.05) is 0 Å². The standard InChI is InChI=1S/C12H18N4O2/c1-12(6-3-7-18-12)8-14-10-5-4-9(15-16-10)11(17)13-2/h4-5H,3,6-8H2,1-2H3,(H,13,17)(H,14,16). The number of ether oxygens (including phenoxy) is 1. The number of nitrogens with zero attached hydrogens (tertiary/aromatic N) is 2. The van der Waals surface area contributed by atoms with Crippen LogP contribution in [0.3, 0.4) is 0 Å². The summed E-state index contributed by atoms with van der Waals surface area (Å²) >= 11 is 0. The van der Waals surface area contributed by atoms with Crippen LogP contribution in [-0.2, 0) is 4.74 Å². The van der Waals surface area contributed by atoms with Gasteiger partial charge in [-0.05, 0) is 31.9 Å². The van der Waals surface area contributed by atoms with Crippen molar-refractivity contribution in [2.75, 3.05) is 25.5 Å². The van der Waals surface area contributed by atoms with Crippen molar-refractivity contribution in [2.45, 2.75) is 25.4 Å². The third-order valence-corrected chi connectivity index (χ3v) is 3.07. The van der Waals surface area contributed by atoms with Crippen LogP contribution in [-0.4, -0.2) is 41.9 Å². The molecule has 1 amide bonds. The van der Waals surface area contributed by atoms with Crippen LogP contribution in [0.1, 0.15) is 30.3 Å². The zero-order valence-corrected chi connectivity index (χ0v) is 10.7.